The minimum absolute atomic E-state index is 0.00229. The maximum absolute atomic E-state index is 12.5. The molecule has 2 rings (SSSR count). The lowest BCUT2D eigenvalue weighted by molar-refractivity contribution is -0.138. The van der Waals surface area contributed by atoms with Gasteiger partial charge in [0.15, 0.2) is 0 Å². The monoisotopic (exact) mass is 297 g/mol. The molecule has 2 heterocycles. The molecule has 0 aromatic heterocycles. The van der Waals surface area contributed by atoms with E-state index in [1.54, 1.807) is 0 Å². The molecular formula is C15H27N3O3. The van der Waals surface area contributed by atoms with Gasteiger partial charge in [-0.05, 0) is 51.7 Å². The van der Waals surface area contributed by atoms with Crippen LogP contribution in [-0.4, -0.2) is 59.6 Å². The topological polar surface area (TPSA) is 81.7 Å². The van der Waals surface area contributed by atoms with Crippen LogP contribution in [-0.2, 0) is 9.59 Å². The van der Waals surface area contributed by atoms with Gasteiger partial charge in [-0.15, -0.1) is 0 Å². The maximum atomic E-state index is 12.5. The minimum Gasteiger partial charge on any atom is -0.481 e. The molecule has 0 aliphatic carbocycles. The van der Waals surface area contributed by atoms with E-state index in [-0.39, 0.29) is 24.4 Å². The molecule has 2 atom stereocenters. The number of nitrogens with one attached hydrogen (secondary N) is 2. The third-order valence-electron chi connectivity index (χ3n) is 4.63. The molecule has 2 aliphatic rings. The van der Waals surface area contributed by atoms with E-state index in [0.717, 1.165) is 45.3 Å². The van der Waals surface area contributed by atoms with Gasteiger partial charge < -0.3 is 15.7 Å². The second-order valence-electron chi connectivity index (χ2n) is 6.09. The summed E-state index contributed by atoms with van der Waals surface area (Å²) in [5.41, 5.74) is 0. The number of hydrogen-bond donors (Lipinski definition) is 3. The number of carboxylic acids is 1. The van der Waals surface area contributed by atoms with Gasteiger partial charge in [-0.1, -0.05) is 6.92 Å². The standard InChI is InChI=1S/C15H27N3O3/c1-2-11(10-14(19)20)17-15(21)13-4-3-9-18(13)12-5-7-16-8-6-12/h11-13,16H,2-10H2,1H3,(H,17,21)(H,19,20). The lowest BCUT2D eigenvalue weighted by atomic mass is 10.0. The van der Waals surface area contributed by atoms with E-state index in [2.05, 4.69) is 15.5 Å². The third kappa shape index (κ3) is 4.41. The van der Waals surface area contributed by atoms with Crippen LogP contribution in [0, 0.1) is 0 Å². The summed E-state index contributed by atoms with van der Waals surface area (Å²) < 4.78 is 0. The molecule has 2 aliphatic heterocycles. The highest BCUT2D eigenvalue weighted by molar-refractivity contribution is 5.83. The molecule has 0 spiro atoms. The molecule has 0 radical (unpaired) electrons. The summed E-state index contributed by atoms with van der Waals surface area (Å²) in [5.74, 6) is -0.845. The Morgan fingerprint density at radius 2 is 2.05 bits per heavy atom. The largest absolute Gasteiger partial charge is 0.481 e. The molecule has 0 bridgehead atoms. The molecule has 3 N–H and O–H groups in total. The van der Waals surface area contributed by atoms with Crippen molar-refractivity contribution in [1.82, 2.24) is 15.5 Å². The molecule has 6 heteroatoms. The molecule has 0 aromatic rings. The number of carbonyl (C=O) groups excluding carboxylic acids is 1. The van der Waals surface area contributed by atoms with E-state index in [1.165, 1.54) is 0 Å². The normalized spacial score (nSPS) is 25.7. The van der Waals surface area contributed by atoms with Crippen molar-refractivity contribution >= 4 is 11.9 Å². The fraction of sp³-hybridized carbons (Fsp3) is 0.867. The summed E-state index contributed by atoms with van der Waals surface area (Å²) >= 11 is 0. The van der Waals surface area contributed by atoms with Gasteiger partial charge in [0.05, 0.1) is 12.5 Å². The van der Waals surface area contributed by atoms with Crippen LogP contribution in [0.25, 0.3) is 0 Å². The lowest BCUT2D eigenvalue weighted by Gasteiger charge is -2.35. The van der Waals surface area contributed by atoms with E-state index >= 15 is 0 Å². The molecule has 2 fully saturated rings. The Morgan fingerprint density at radius 3 is 2.67 bits per heavy atom. The number of carbonyl (C=O) groups is 2. The van der Waals surface area contributed by atoms with Crippen molar-refractivity contribution < 1.29 is 14.7 Å². The van der Waals surface area contributed by atoms with Crippen LogP contribution in [0.4, 0.5) is 0 Å². The van der Waals surface area contributed by atoms with E-state index in [0.29, 0.717) is 12.5 Å². The lowest BCUT2D eigenvalue weighted by Crippen LogP contribution is -2.52. The Bertz CT molecular complexity index is 369. The van der Waals surface area contributed by atoms with Crippen LogP contribution in [0.5, 0.6) is 0 Å². The minimum atomic E-state index is -0.858. The highest BCUT2D eigenvalue weighted by Crippen LogP contribution is 2.24. The predicted octanol–water partition coefficient (Wildman–Crippen LogP) is 0.572. The zero-order valence-corrected chi connectivity index (χ0v) is 12.8. The van der Waals surface area contributed by atoms with E-state index in [4.69, 9.17) is 5.11 Å². The number of carboxylic acid groups (broad SMARTS) is 1. The summed E-state index contributed by atoms with van der Waals surface area (Å²) in [5, 5.41) is 15.2. The van der Waals surface area contributed by atoms with E-state index in [9.17, 15) is 9.59 Å². The third-order valence-corrected chi connectivity index (χ3v) is 4.63. The summed E-state index contributed by atoms with van der Waals surface area (Å²) in [6.45, 7) is 4.93. The second kappa shape index (κ2) is 7.75. The number of piperidine rings is 1. The van der Waals surface area contributed by atoms with Crippen LogP contribution < -0.4 is 10.6 Å². The van der Waals surface area contributed by atoms with Crippen LogP contribution in [0.3, 0.4) is 0 Å². The highest BCUT2D eigenvalue weighted by Gasteiger charge is 2.36. The molecule has 2 unspecified atom stereocenters. The number of hydrogen-bond acceptors (Lipinski definition) is 4. The summed E-state index contributed by atoms with van der Waals surface area (Å²) in [7, 11) is 0. The first-order chi connectivity index (χ1) is 10.1. The van der Waals surface area contributed by atoms with Gasteiger partial charge in [-0.25, -0.2) is 0 Å². The number of nitrogens with zero attached hydrogens (tertiary/aromatic N) is 1. The first-order valence-corrected chi connectivity index (χ1v) is 8.10. The molecule has 1 amide bonds. The van der Waals surface area contributed by atoms with Crippen molar-refractivity contribution in [2.45, 2.75) is 63.6 Å². The summed E-state index contributed by atoms with van der Waals surface area (Å²) in [6, 6.07) is 0.158. The summed E-state index contributed by atoms with van der Waals surface area (Å²) in [6.07, 6.45) is 4.78. The van der Waals surface area contributed by atoms with Crippen molar-refractivity contribution in [3.63, 3.8) is 0 Å². The Kier molecular flexibility index (Phi) is 5.99. The zero-order valence-electron chi connectivity index (χ0n) is 12.8. The Balaban J connectivity index is 1.91. The maximum Gasteiger partial charge on any atom is 0.305 e. The highest BCUT2D eigenvalue weighted by atomic mass is 16.4. The average Bonchev–Trinajstić information content (AvgIpc) is 2.96. The smallest absolute Gasteiger partial charge is 0.305 e. The Hall–Kier alpha value is -1.14. The molecule has 21 heavy (non-hydrogen) atoms. The van der Waals surface area contributed by atoms with Crippen molar-refractivity contribution in [2.75, 3.05) is 19.6 Å². The van der Waals surface area contributed by atoms with Crippen LogP contribution in [0.15, 0.2) is 0 Å². The molecule has 0 aromatic carbocycles. The molecule has 120 valence electrons. The van der Waals surface area contributed by atoms with E-state index < -0.39 is 5.97 Å². The van der Waals surface area contributed by atoms with Gasteiger partial charge in [0.1, 0.15) is 0 Å². The predicted molar refractivity (Wildman–Crippen MR) is 80.1 cm³/mol. The molecule has 0 saturated carbocycles. The van der Waals surface area contributed by atoms with Gasteiger partial charge in [0, 0.05) is 12.1 Å². The van der Waals surface area contributed by atoms with Crippen LogP contribution in [0.2, 0.25) is 0 Å². The zero-order chi connectivity index (χ0) is 15.2. The van der Waals surface area contributed by atoms with Crippen LogP contribution in [0.1, 0.15) is 45.4 Å². The summed E-state index contributed by atoms with van der Waals surface area (Å²) in [4.78, 5) is 25.6. The van der Waals surface area contributed by atoms with Gasteiger partial charge >= 0.3 is 5.97 Å². The van der Waals surface area contributed by atoms with Crippen molar-refractivity contribution in [2.24, 2.45) is 0 Å². The van der Waals surface area contributed by atoms with Crippen molar-refractivity contribution in [3.05, 3.63) is 0 Å². The number of amides is 1. The van der Waals surface area contributed by atoms with Crippen molar-refractivity contribution in [3.8, 4) is 0 Å². The first kappa shape index (κ1) is 16.2. The van der Waals surface area contributed by atoms with Gasteiger partial charge in [-0.2, -0.15) is 0 Å². The molecule has 2 saturated heterocycles. The number of likely N-dealkylation sites (tertiary alicyclic amines) is 1. The van der Waals surface area contributed by atoms with Gasteiger partial charge in [0.25, 0.3) is 0 Å². The second-order valence-corrected chi connectivity index (χ2v) is 6.09. The van der Waals surface area contributed by atoms with Gasteiger partial charge in [0.2, 0.25) is 5.91 Å². The fourth-order valence-corrected chi connectivity index (χ4v) is 3.45. The Morgan fingerprint density at radius 1 is 1.33 bits per heavy atom. The first-order valence-electron chi connectivity index (χ1n) is 8.10. The van der Waals surface area contributed by atoms with E-state index in [1.807, 2.05) is 6.92 Å². The SMILES string of the molecule is CCC(CC(=O)O)NC(=O)C1CCCN1C1CCNCC1. The molecular weight excluding hydrogens is 270 g/mol. The number of rotatable bonds is 6. The van der Waals surface area contributed by atoms with Gasteiger partial charge in [-0.3, -0.25) is 14.5 Å². The van der Waals surface area contributed by atoms with Crippen LogP contribution >= 0.6 is 0 Å². The number of aliphatic carboxylic acids is 1. The van der Waals surface area contributed by atoms with Crippen molar-refractivity contribution in [1.29, 1.82) is 0 Å². The molecule has 6 nitrogen and oxygen atoms in total. The fourth-order valence-electron chi connectivity index (χ4n) is 3.45. The quantitative estimate of drug-likeness (QED) is 0.668. The average molecular weight is 297 g/mol. The Labute approximate surface area is 126 Å².